The summed E-state index contributed by atoms with van der Waals surface area (Å²) in [4.78, 5) is 34.9. The zero-order chi connectivity index (χ0) is 42.2. The van der Waals surface area contributed by atoms with Crippen molar-refractivity contribution in [3.05, 3.63) is 85.1 Å². The molecule has 0 radical (unpaired) electrons. The van der Waals surface area contributed by atoms with Gasteiger partial charge in [0, 0.05) is 19.4 Å². The van der Waals surface area contributed by atoms with E-state index in [9.17, 15) is 19.0 Å². The Morgan fingerprint density at radius 1 is 0.603 bits per heavy atom. The number of hydrogen-bond acceptors (Lipinski definition) is 9. The molecule has 10 nitrogen and oxygen atoms in total. The molecular weight excluding hydrogens is 753 g/mol. The molecule has 1 rings (SSSR count). The number of phosphoric ester groups is 1. The minimum atomic E-state index is -4.41. The molecule has 0 amide bonds. The number of allylic oxidation sites excluding steroid dienone is 12. The predicted octanol–water partition coefficient (Wildman–Crippen LogP) is 11.8. The van der Waals surface area contributed by atoms with Crippen LogP contribution in [0.15, 0.2) is 85.1 Å². The molecule has 1 heterocycles. The summed E-state index contributed by atoms with van der Waals surface area (Å²) in [5.74, 6) is -0.945. The van der Waals surface area contributed by atoms with E-state index < -0.39 is 32.5 Å². The van der Waals surface area contributed by atoms with Crippen LogP contribution in [0.3, 0.4) is 0 Å². The SMILES string of the molecule is CCCCC/C=C\C/C=C\C/C=C\C/C=C\CCCCCC(=O)O[C@H](COC(=O)CCC/C=C\C/C=C\CC1OC1C/C=C\CCCCC)COP(=O)(O)OCCN. The number of hydrogen-bond donors (Lipinski definition) is 2. The summed E-state index contributed by atoms with van der Waals surface area (Å²) in [5.41, 5.74) is 5.34. The number of ether oxygens (including phenoxy) is 3. The standard InChI is InChI=1S/C47H78NO9P/c1-3-5-7-9-11-12-13-14-15-16-17-18-19-20-21-22-25-30-34-38-47(50)56-43(42-55-58(51,52)54-40-39-48)41-53-46(49)37-33-29-26-23-24-28-32-36-45-44(57-45)35-31-27-10-8-6-4-2/h11-12,14-15,17-18,20-21,23,26-28,31-32,43-45H,3-10,13,16,19,22,24-25,29-30,33-42,48H2,1-2H3,(H,51,52)/b12-11-,15-14-,18-17-,21-20-,26-23-,31-27-,32-28-/t43-,44?,45?/m1/s1. The molecule has 0 spiro atoms. The van der Waals surface area contributed by atoms with Crippen molar-refractivity contribution in [2.45, 2.75) is 173 Å². The second-order valence-electron chi connectivity index (χ2n) is 14.6. The summed E-state index contributed by atoms with van der Waals surface area (Å²) in [6.07, 6.45) is 50.7. The monoisotopic (exact) mass is 832 g/mol. The van der Waals surface area contributed by atoms with Crippen LogP contribution in [0.5, 0.6) is 0 Å². The van der Waals surface area contributed by atoms with Crippen LogP contribution in [-0.4, -0.2) is 61.5 Å². The van der Waals surface area contributed by atoms with Gasteiger partial charge in [-0.1, -0.05) is 131 Å². The van der Waals surface area contributed by atoms with Crippen molar-refractivity contribution < 1.29 is 42.3 Å². The Morgan fingerprint density at radius 3 is 1.62 bits per heavy atom. The maximum absolute atomic E-state index is 12.6. The van der Waals surface area contributed by atoms with Crippen LogP contribution in [0.1, 0.15) is 155 Å². The van der Waals surface area contributed by atoms with Crippen LogP contribution in [0, 0.1) is 0 Å². The first-order valence-electron chi connectivity index (χ1n) is 22.2. The Balaban J connectivity index is 2.25. The molecule has 330 valence electrons. The molecule has 11 heteroatoms. The van der Waals surface area contributed by atoms with Crippen LogP contribution in [0.25, 0.3) is 0 Å². The number of epoxide rings is 1. The van der Waals surface area contributed by atoms with Crippen molar-refractivity contribution in [2.24, 2.45) is 5.73 Å². The van der Waals surface area contributed by atoms with E-state index in [2.05, 4.69) is 92.8 Å². The van der Waals surface area contributed by atoms with Gasteiger partial charge in [0.25, 0.3) is 0 Å². The van der Waals surface area contributed by atoms with Crippen molar-refractivity contribution >= 4 is 19.8 Å². The second kappa shape index (κ2) is 38.4. The quantitative estimate of drug-likeness (QED) is 0.0202. The molecule has 0 aromatic carbocycles. The first-order valence-corrected chi connectivity index (χ1v) is 23.7. The molecule has 0 aromatic rings. The maximum atomic E-state index is 12.6. The van der Waals surface area contributed by atoms with E-state index in [0.717, 1.165) is 70.6 Å². The van der Waals surface area contributed by atoms with Crippen LogP contribution >= 0.6 is 7.82 Å². The number of rotatable bonds is 39. The Morgan fingerprint density at radius 2 is 1.07 bits per heavy atom. The summed E-state index contributed by atoms with van der Waals surface area (Å²) in [6.45, 7) is 3.54. The third kappa shape index (κ3) is 35.1. The van der Waals surface area contributed by atoms with Crippen LogP contribution < -0.4 is 5.73 Å². The van der Waals surface area contributed by atoms with Gasteiger partial charge in [0.2, 0.25) is 0 Å². The smallest absolute Gasteiger partial charge is 0.462 e. The van der Waals surface area contributed by atoms with Crippen LogP contribution in [0.2, 0.25) is 0 Å². The molecule has 0 bridgehead atoms. The minimum absolute atomic E-state index is 0.0338. The van der Waals surface area contributed by atoms with E-state index in [1.54, 1.807) is 0 Å². The summed E-state index contributed by atoms with van der Waals surface area (Å²) in [6, 6.07) is 0. The molecule has 0 saturated carbocycles. The molecule has 58 heavy (non-hydrogen) atoms. The lowest BCUT2D eigenvalue weighted by atomic mass is 10.1. The molecule has 1 aliphatic heterocycles. The highest BCUT2D eigenvalue weighted by Gasteiger charge is 2.36. The van der Waals surface area contributed by atoms with Crippen LogP contribution in [0.4, 0.5) is 0 Å². The van der Waals surface area contributed by atoms with Crippen molar-refractivity contribution in [1.29, 1.82) is 0 Å². The van der Waals surface area contributed by atoms with Gasteiger partial charge in [-0.15, -0.1) is 0 Å². The highest BCUT2D eigenvalue weighted by molar-refractivity contribution is 7.47. The number of carbonyl (C=O) groups is 2. The number of nitrogens with two attached hydrogens (primary N) is 1. The fraction of sp³-hybridized carbons (Fsp3) is 0.660. The van der Waals surface area contributed by atoms with Gasteiger partial charge in [0.1, 0.15) is 6.61 Å². The lowest BCUT2D eigenvalue weighted by Gasteiger charge is -2.19. The zero-order valence-corrected chi connectivity index (χ0v) is 36.8. The molecule has 3 N–H and O–H groups in total. The molecule has 0 aromatic heterocycles. The molecule has 1 fully saturated rings. The van der Waals surface area contributed by atoms with E-state index in [1.807, 2.05) is 6.08 Å². The Hall–Kier alpha value is -2.85. The Kier molecular flexibility index (Phi) is 35.2. The van der Waals surface area contributed by atoms with Crippen molar-refractivity contribution in [3.63, 3.8) is 0 Å². The molecule has 1 saturated heterocycles. The average Bonchev–Trinajstić information content (AvgIpc) is 3.97. The Bertz CT molecular complexity index is 1290. The summed E-state index contributed by atoms with van der Waals surface area (Å²) >= 11 is 0. The van der Waals surface area contributed by atoms with Gasteiger partial charge < -0.3 is 24.8 Å². The largest absolute Gasteiger partial charge is 0.472 e. The van der Waals surface area contributed by atoms with Gasteiger partial charge in [-0.05, 0) is 96.3 Å². The van der Waals surface area contributed by atoms with Gasteiger partial charge >= 0.3 is 19.8 Å². The lowest BCUT2D eigenvalue weighted by molar-refractivity contribution is -0.161. The van der Waals surface area contributed by atoms with Gasteiger partial charge in [-0.3, -0.25) is 18.6 Å². The third-order valence-electron chi connectivity index (χ3n) is 9.16. The first-order chi connectivity index (χ1) is 28.3. The normalized spacial score (nSPS) is 17.6. The molecule has 1 aliphatic rings. The topological polar surface area (TPSA) is 147 Å². The maximum Gasteiger partial charge on any atom is 0.472 e. The first kappa shape index (κ1) is 53.2. The lowest BCUT2D eigenvalue weighted by Crippen LogP contribution is -2.29. The third-order valence-corrected chi connectivity index (χ3v) is 10.1. The van der Waals surface area contributed by atoms with Gasteiger partial charge in [0.05, 0.1) is 25.4 Å². The van der Waals surface area contributed by atoms with Crippen LogP contribution in [-0.2, 0) is 37.4 Å². The van der Waals surface area contributed by atoms with E-state index in [4.69, 9.17) is 29.0 Å². The molecule has 0 aliphatic carbocycles. The van der Waals surface area contributed by atoms with E-state index >= 15 is 0 Å². The van der Waals surface area contributed by atoms with E-state index in [1.165, 1.54) is 44.9 Å². The molecular formula is C47H78NO9P. The number of phosphoric acid groups is 1. The second-order valence-corrected chi connectivity index (χ2v) is 16.0. The average molecular weight is 832 g/mol. The molecule has 3 unspecified atom stereocenters. The fourth-order valence-corrected chi connectivity index (χ4v) is 6.47. The predicted molar refractivity (Wildman–Crippen MR) is 237 cm³/mol. The summed E-state index contributed by atoms with van der Waals surface area (Å²) < 4.78 is 38.5. The van der Waals surface area contributed by atoms with Crippen molar-refractivity contribution in [3.8, 4) is 0 Å². The number of carbonyl (C=O) groups excluding carboxylic acids is 2. The van der Waals surface area contributed by atoms with E-state index in [0.29, 0.717) is 25.0 Å². The summed E-state index contributed by atoms with van der Waals surface area (Å²) in [7, 11) is -4.41. The van der Waals surface area contributed by atoms with Gasteiger partial charge in [0.15, 0.2) is 6.10 Å². The summed E-state index contributed by atoms with van der Waals surface area (Å²) in [5, 5.41) is 0. The van der Waals surface area contributed by atoms with Gasteiger partial charge in [-0.25, -0.2) is 4.57 Å². The number of unbranched alkanes of at least 4 members (excludes halogenated alkanes) is 10. The highest BCUT2D eigenvalue weighted by atomic mass is 31.2. The zero-order valence-electron chi connectivity index (χ0n) is 35.9. The van der Waals surface area contributed by atoms with Crippen molar-refractivity contribution in [2.75, 3.05) is 26.4 Å². The van der Waals surface area contributed by atoms with Crippen molar-refractivity contribution in [1.82, 2.24) is 0 Å². The fourth-order valence-electron chi connectivity index (χ4n) is 5.71. The highest BCUT2D eigenvalue weighted by Crippen LogP contribution is 2.43. The number of esters is 2. The Labute approximate surface area is 351 Å². The minimum Gasteiger partial charge on any atom is -0.462 e. The van der Waals surface area contributed by atoms with E-state index in [-0.39, 0.29) is 32.6 Å². The van der Waals surface area contributed by atoms with Gasteiger partial charge in [-0.2, -0.15) is 0 Å². The molecule has 4 atom stereocenters.